The van der Waals surface area contributed by atoms with Gasteiger partial charge in [0.25, 0.3) is 5.91 Å². The minimum absolute atomic E-state index is 0.0499. The lowest BCUT2D eigenvalue weighted by molar-refractivity contribution is 0.0825. The largest absolute Gasteiger partial charge is 0.350 e. The average Bonchev–Trinajstić information content (AvgIpc) is 2.91. The minimum Gasteiger partial charge on any atom is -0.350 e. The van der Waals surface area contributed by atoms with Crippen LogP contribution in [0.15, 0.2) is 30.5 Å². The van der Waals surface area contributed by atoms with E-state index in [2.05, 4.69) is 53.4 Å². The zero-order valence-corrected chi connectivity index (χ0v) is 15.0. The molecule has 1 aromatic carbocycles. The predicted molar refractivity (Wildman–Crippen MR) is 94.9 cm³/mol. The van der Waals surface area contributed by atoms with E-state index in [4.69, 9.17) is 0 Å². The van der Waals surface area contributed by atoms with Crippen LogP contribution < -0.4 is 5.32 Å². The quantitative estimate of drug-likeness (QED) is 0.938. The van der Waals surface area contributed by atoms with E-state index in [-0.39, 0.29) is 11.4 Å². The zero-order valence-electron chi connectivity index (χ0n) is 15.0. The summed E-state index contributed by atoms with van der Waals surface area (Å²) in [6.07, 6.45) is 2.70. The van der Waals surface area contributed by atoms with E-state index in [1.807, 2.05) is 14.0 Å². The van der Waals surface area contributed by atoms with Crippen molar-refractivity contribution < 1.29 is 4.79 Å². The summed E-state index contributed by atoms with van der Waals surface area (Å²) in [7, 11) is 1.85. The van der Waals surface area contributed by atoms with Gasteiger partial charge < -0.3 is 5.32 Å². The van der Waals surface area contributed by atoms with Crippen molar-refractivity contribution in [1.29, 1.82) is 0 Å². The molecule has 5 heteroatoms. The molecule has 2 aromatic rings. The van der Waals surface area contributed by atoms with Crippen molar-refractivity contribution in [2.75, 3.05) is 13.1 Å². The number of fused-ring (bicyclic) bond motifs is 1. The van der Waals surface area contributed by atoms with E-state index in [0.717, 1.165) is 25.2 Å². The smallest absolute Gasteiger partial charge is 0.254 e. The fourth-order valence-corrected chi connectivity index (χ4v) is 3.24. The van der Waals surface area contributed by atoms with Gasteiger partial charge in [-0.05, 0) is 38.3 Å². The first-order chi connectivity index (χ1) is 11.4. The number of amides is 1. The Morgan fingerprint density at radius 1 is 1.29 bits per heavy atom. The van der Waals surface area contributed by atoms with Gasteiger partial charge in [0.1, 0.15) is 0 Å². The van der Waals surface area contributed by atoms with Gasteiger partial charge in [-0.25, -0.2) is 0 Å². The van der Waals surface area contributed by atoms with Gasteiger partial charge in [0.05, 0.1) is 11.8 Å². The molecule has 0 saturated heterocycles. The van der Waals surface area contributed by atoms with Crippen LogP contribution in [0, 0.1) is 6.92 Å². The standard InChI is InChI=1S/C19H26N4O/c1-14-17(11-21-22(14)4)18(24)20-13-19(2,3)23-10-9-15-7-5-6-8-16(15)12-23/h5-8,11H,9-10,12-13H2,1-4H3,(H,20,24). The molecule has 128 valence electrons. The van der Waals surface area contributed by atoms with Crippen molar-refractivity contribution in [1.82, 2.24) is 20.0 Å². The van der Waals surface area contributed by atoms with Crippen LogP contribution in [-0.4, -0.2) is 39.2 Å². The molecule has 0 spiro atoms. The van der Waals surface area contributed by atoms with Gasteiger partial charge in [0.15, 0.2) is 0 Å². The number of aryl methyl sites for hydroxylation is 1. The molecule has 1 aliphatic heterocycles. The second-order valence-corrected chi connectivity index (χ2v) is 7.20. The van der Waals surface area contributed by atoms with Gasteiger partial charge in [-0.15, -0.1) is 0 Å². The van der Waals surface area contributed by atoms with Crippen LogP contribution in [0.1, 0.15) is 41.0 Å². The SMILES string of the molecule is Cc1c(C(=O)NCC(C)(C)N2CCc3ccccc3C2)cnn1C. The number of aromatic nitrogens is 2. The number of carbonyl (C=O) groups excluding carboxylic acids is 1. The van der Waals surface area contributed by atoms with Crippen molar-refractivity contribution in [2.45, 2.75) is 39.3 Å². The molecule has 5 nitrogen and oxygen atoms in total. The third-order valence-electron chi connectivity index (χ3n) is 5.15. The predicted octanol–water partition coefficient (Wildman–Crippen LogP) is 2.30. The highest BCUT2D eigenvalue weighted by Crippen LogP contribution is 2.25. The maximum Gasteiger partial charge on any atom is 0.254 e. The van der Waals surface area contributed by atoms with Crippen molar-refractivity contribution >= 4 is 5.91 Å². The molecule has 0 radical (unpaired) electrons. The highest BCUT2D eigenvalue weighted by molar-refractivity contribution is 5.95. The maximum atomic E-state index is 12.4. The zero-order chi connectivity index (χ0) is 17.3. The first kappa shape index (κ1) is 16.7. The van der Waals surface area contributed by atoms with E-state index < -0.39 is 0 Å². The lowest BCUT2D eigenvalue weighted by Crippen LogP contribution is -2.53. The summed E-state index contributed by atoms with van der Waals surface area (Å²) in [5.41, 5.74) is 4.28. The monoisotopic (exact) mass is 326 g/mol. The Balaban J connectivity index is 1.64. The molecule has 1 N–H and O–H groups in total. The number of carbonyl (C=O) groups is 1. The third kappa shape index (κ3) is 3.22. The van der Waals surface area contributed by atoms with Gasteiger partial charge in [-0.3, -0.25) is 14.4 Å². The van der Waals surface area contributed by atoms with E-state index in [0.29, 0.717) is 12.1 Å². The minimum atomic E-state index is -0.0979. The van der Waals surface area contributed by atoms with Crippen LogP contribution in [0.4, 0.5) is 0 Å². The molecule has 1 amide bonds. The maximum absolute atomic E-state index is 12.4. The average molecular weight is 326 g/mol. The number of nitrogens with zero attached hydrogens (tertiary/aromatic N) is 3. The highest BCUT2D eigenvalue weighted by Gasteiger charge is 2.30. The van der Waals surface area contributed by atoms with Gasteiger partial charge in [0.2, 0.25) is 0 Å². The molecule has 1 aromatic heterocycles. The number of hydrogen-bond acceptors (Lipinski definition) is 3. The number of rotatable bonds is 4. The molecular formula is C19H26N4O. The molecule has 0 aliphatic carbocycles. The normalized spacial score (nSPS) is 15.2. The van der Waals surface area contributed by atoms with Crippen LogP contribution >= 0.6 is 0 Å². The highest BCUT2D eigenvalue weighted by atomic mass is 16.1. The number of hydrogen-bond donors (Lipinski definition) is 1. The van der Waals surface area contributed by atoms with E-state index >= 15 is 0 Å². The summed E-state index contributed by atoms with van der Waals surface area (Å²) < 4.78 is 1.72. The van der Waals surface area contributed by atoms with E-state index in [9.17, 15) is 4.79 Å². The summed E-state index contributed by atoms with van der Waals surface area (Å²) in [5.74, 6) is -0.0499. The molecule has 24 heavy (non-hydrogen) atoms. The Labute approximate surface area is 143 Å². The fourth-order valence-electron chi connectivity index (χ4n) is 3.24. The van der Waals surface area contributed by atoms with Crippen LogP contribution in [0.25, 0.3) is 0 Å². The lowest BCUT2D eigenvalue weighted by Gasteiger charge is -2.41. The van der Waals surface area contributed by atoms with Crippen molar-refractivity contribution in [2.24, 2.45) is 7.05 Å². The molecular weight excluding hydrogens is 300 g/mol. The van der Waals surface area contributed by atoms with Crippen molar-refractivity contribution in [3.63, 3.8) is 0 Å². The molecule has 0 bridgehead atoms. The molecule has 0 fully saturated rings. The van der Waals surface area contributed by atoms with Crippen molar-refractivity contribution in [3.05, 3.63) is 52.8 Å². The molecule has 3 rings (SSSR count). The van der Waals surface area contributed by atoms with E-state index in [1.54, 1.807) is 10.9 Å². The Hall–Kier alpha value is -2.14. The summed E-state index contributed by atoms with van der Waals surface area (Å²) in [4.78, 5) is 14.9. The molecule has 0 saturated carbocycles. The Bertz CT molecular complexity index is 748. The van der Waals surface area contributed by atoms with Gasteiger partial charge >= 0.3 is 0 Å². The van der Waals surface area contributed by atoms with Gasteiger partial charge in [0, 0.05) is 37.9 Å². The first-order valence-corrected chi connectivity index (χ1v) is 8.47. The fraction of sp³-hybridized carbons (Fsp3) is 0.474. The van der Waals surface area contributed by atoms with Gasteiger partial charge in [-0.1, -0.05) is 24.3 Å². The van der Waals surface area contributed by atoms with Crippen LogP contribution in [0.5, 0.6) is 0 Å². The molecule has 1 aliphatic rings. The number of nitrogens with one attached hydrogen (secondary N) is 1. The lowest BCUT2D eigenvalue weighted by atomic mass is 9.94. The number of benzene rings is 1. The van der Waals surface area contributed by atoms with Crippen molar-refractivity contribution in [3.8, 4) is 0 Å². The summed E-state index contributed by atoms with van der Waals surface area (Å²) in [6.45, 7) is 8.86. The molecule has 2 heterocycles. The second-order valence-electron chi connectivity index (χ2n) is 7.20. The molecule has 0 atom stereocenters. The van der Waals surface area contributed by atoms with Crippen LogP contribution in [0.3, 0.4) is 0 Å². The third-order valence-corrected chi connectivity index (χ3v) is 5.15. The van der Waals surface area contributed by atoms with Gasteiger partial charge in [-0.2, -0.15) is 5.10 Å². The second kappa shape index (κ2) is 6.40. The van der Waals surface area contributed by atoms with Crippen LogP contribution in [0.2, 0.25) is 0 Å². The molecule has 0 unspecified atom stereocenters. The Morgan fingerprint density at radius 3 is 2.67 bits per heavy atom. The Kier molecular flexibility index (Phi) is 4.45. The topological polar surface area (TPSA) is 50.2 Å². The summed E-state index contributed by atoms with van der Waals surface area (Å²) in [5, 5.41) is 7.22. The summed E-state index contributed by atoms with van der Waals surface area (Å²) >= 11 is 0. The van der Waals surface area contributed by atoms with E-state index in [1.165, 1.54) is 11.1 Å². The van der Waals surface area contributed by atoms with Crippen LogP contribution in [-0.2, 0) is 20.0 Å². The summed E-state index contributed by atoms with van der Waals surface area (Å²) in [6, 6.07) is 8.63. The Morgan fingerprint density at radius 2 is 2.00 bits per heavy atom. The first-order valence-electron chi connectivity index (χ1n) is 8.47.